The highest BCUT2D eigenvalue weighted by Crippen LogP contribution is 2.17. The molecule has 0 saturated heterocycles. The minimum absolute atomic E-state index is 0.0885. The molecule has 0 amide bonds. The van der Waals surface area contributed by atoms with Gasteiger partial charge in [-0.25, -0.2) is 4.98 Å². The first-order chi connectivity index (χ1) is 10.0. The number of nitrogens with one attached hydrogen (secondary N) is 1. The van der Waals surface area contributed by atoms with Gasteiger partial charge in [0.05, 0.1) is 0 Å². The molecule has 2 aromatic rings. The van der Waals surface area contributed by atoms with E-state index in [0.717, 1.165) is 12.0 Å². The summed E-state index contributed by atoms with van der Waals surface area (Å²) in [7, 11) is 0. The second kappa shape index (κ2) is 6.30. The first kappa shape index (κ1) is 14.9. The summed E-state index contributed by atoms with van der Waals surface area (Å²) in [5.74, 6) is -0.509. The summed E-state index contributed by atoms with van der Waals surface area (Å²) in [4.78, 5) is 34.1. The van der Waals surface area contributed by atoms with Gasteiger partial charge in [0.25, 0.3) is 5.56 Å². The van der Waals surface area contributed by atoms with Crippen molar-refractivity contribution in [2.24, 2.45) is 0 Å². The maximum atomic E-state index is 12.1. The molecule has 0 fully saturated rings. The van der Waals surface area contributed by atoms with Gasteiger partial charge in [0.1, 0.15) is 5.69 Å². The maximum absolute atomic E-state index is 12.1. The summed E-state index contributed by atoms with van der Waals surface area (Å²) in [6.07, 6.45) is 2.52. The molecule has 0 aliphatic rings. The van der Waals surface area contributed by atoms with Gasteiger partial charge >= 0.3 is 5.97 Å². The fourth-order valence-corrected chi connectivity index (χ4v) is 2.19. The van der Waals surface area contributed by atoms with Crippen LogP contribution in [0.15, 0.2) is 23.1 Å². The standard InChI is InChI=1S/C15H17N3O3/c1-3-10-5-4-8-16-13(10)14-17-9(2)11(15(21)18-14)6-7-12(19)20/h4-5,8H,3,6-7H2,1-2H3,(H,19,20)(H,17,18,21). The number of carbonyl (C=O) groups is 1. The molecule has 0 bridgehead atoms. The molecule has 2 N–H and O–H groups in total. The van der Waals surface area contributed by atoms with Crippen molar-refractivity contribution in [3.8, 4) is 11.5 Å². The van der Waals surface area contributed by atoms with Crippen molar-refractivity contribution >= 4 is 5.97 Å². The molecule has 6 heteroatoms. The van der Waals surface area contributed by atoms with Crippen molar-refractivity contribution in [2.45, 2.75) is 33.1 Å². The number of rotatable bonds is 5. The molecule has 0 aliphatic carbocycles. The fraction of sp³-hybridized carbons (Fsp3) is 0.333. The monoisotopic (exact) mass is 287 g/mol. The summed E-state index contributed by atoms with van der Waals surface area (Å²) in [6, 6.07) is 3.78. The smallest absolute Gasteiger partial charge is 0.303 e. The Bertz CT molecular complexity index is 722. The van der Waals surface area contributed by atoms with E-state index in [9.17, 15) is 9.59 Å². The predicted molar refractivity (Wildman–Crippen MR) is 78.2 cm³/mol. The Kier molecular flexibility index (Phi) is 4.47. The van der Waals surface area contributed by atoms with Gasteiger partial charge < -0.3 is 10.1 Å². The van der Waals surface area contributed by atoms with Crippen molar-refractivity contribution in [2.75, 3.05) is 0 Å². The van der Waals surface area contributed by atoms with Crippen LogP contribution in [0.4, 0.5) is 0 Å². The molecule has 0 radical (unpaired) electrons. The minimum Gasteiger partial charge on any atom is -0.481 e. The molecule has 0 unspecified atom stereocenters. The second-order valence-corrected chi connectivity index (χ2v) is 4.74. The van der Waals surface area contributed by atoms with Crippen LogP contribution in [0.2, 0.25) is 0 Å². The summed E-state index contributed by atoms with van der Waals surface area (Å²) >= 11 is 0. The van der Waals surface area contributed by atoms with Crippen LogP contribution in [-0.4, -0.2) is 26.0 Å². The summed E-state index contributed by atoms with van der Waals surface area (Å²) in [5.41, 5.74) is 2.31. The highest BCUT2D eigenvalue weighted by atomic mass is 16.4. The molecule has 2 rings (SSSR count). The Hall–Kier alpha value is -2.50. The number of aromatic nitrogens is 3. The van der Waals surface area contributed by atoms with E-state index in [4.69, 9.17) is 5.11 Å². The number of pyridine rings is 1. The van der Waals surface area contributed by atoms with Gasteiger partial charge in [-0.1, -0.05) is 13.0 Å². The first-order valence-corrected chi connectivity index (χ1v) is 6.78. The number of nitrogens with zero attached hydrogens (tertiary/aromatic N) is 2. The van der Waals surface area contributed by atoms with Crippen molar-refractivity contribution < 1.29 is 9.90 Å². The van der Waals surface area contributed by atoms with Gasteiger partial charge in [0, 0.05) is 23.9 Å². The zero-order valence-corrected chi connectivity index (χ0v) is 12.0. The first-order valence-electron chi connectivity index (χ1n) is 6.78. The van der Waals surface area contributed by atoms with Gasteiger partial charge in [-0.15, -0.1) is 0 Å². The number of aryl methyl sites for hydroxylation is 2. The molecule has 6 nitrogen and oxygen atoms in total. The molecule has 0 atom stereocenters. The van der Waals surface area contributed by atoms with Crippen molar-refractivity contribution in [3.63, 3.8) is 0 Å². The van der Waals surface area contributed by atoms with Gasteiger partial charge in [-0.3, -0.25) is 14.6 Å². The van der Waals surface area contributed by atoms with Crippen LogP contribution >= 0.6 is 0 Å². The number of hydrogen-bond acceptors (Lipinski definition) is 4. The third-order valence-corrected chi connectivity index (χ3v) is 3.31. The minimum atomic E-state index is -0.934. The number of H-pyrrole nitrogens is 1. The predicted octanol–water partition coefficient (Wildman–Crippen LogP) is 1.72. The largest absolute Gasteiger partial charge is 0.481 e. The summed E-state index contributed by atoms with van der Waals surface area (Å²) in [6.45, 7) is 3.72. The Labute approximate surface area is 121 Å². The zero-order chi connectivity index (χ0) is 15.4. The molecular formula is C15H17N3O3. The molecule has 2 aromatic heterocycles. The SMILES string of the molecule is CCc1cccnc1-c1nc(C)c(CCC(=O)O)c(=O)[nH]1. The van der Waals surface area contributed by atoms with Gasteiger partial charge in [0.2, 0.25) is 0 Å². The van der Waals surface area contributed by atoms with Gasteiger partial charge in [-0.2, -0.15) is 0 Å². The highest BCUT2D eigenvalue weighted by Gasteiger charge is 2.13. The van der Waals surface area contributed by atoms with E-state index in [2.05, 4.69) is 15.0 Å². The van der Waals surface area contributed by atoms with E-state index in [-0.39, 0.29) is 18.4 Å². The van der Waals surface area contributed by atoms with E-state index in [1.807, 2.05) is 19.1 Å². The van der Waals surface area contributed by atoms with Crippen LogP contribution in [0, 0.1) is 6.92 Å². The zero-order valence-electron chi connectivity index (χ0n) is 12.0. The lowest BCUT2D eigenvalue weighted by molar-refractivity contribution is -0.136. The van der Waals surface area contributed by atoms with Crippen molar-refractivity contribution in [1.29, 1.82) is 0 Å². The van der Waals surface area contributed by atoms with Crippen molar-refractivity contribution in [1.82, 2.24) is 15.0 Å². The summed E-state index contributed by atoms with van der Waals surface area (Å²) < 4.78 is 0. The van der Waals surface area contributed by atoms with Crippen LogP contribution in [-0.2, 0) is 17.6 Å². The molecule has 0 spiro atoms. The highest BCUT2D eigenvalue weighted by molar-refractivity contribution is 5.67. The molecule has 0 aliphatic heterocycles. The molecule has 0 saturated carbocycles. The van der Waals surface area contributed by atoms with Crippen LogP contribution in [0.25, 0.3) is 11.5 Å². The third kappa shape index (κ3) is 3.34. The molecular weight excluding hydrogens is 270 g/mol. The lowest BCUT2D eigenvalue weighted by Crippen LogP contribution is -2.19. The second-order valence-electron chi connectivity index (χ2n) is 4.74. The van der Waals surface area contributed by atoms with Crippen LogP contribution < -0.4 is 5.56 Å². The quantitative estimate of drug-likeness (QED) is 0.873. The Morgan fingerprint density at radius 1 is 1.43 bits per heavy atom. The Morgan fingerprint density at radius 2 is 2.19 bits per heavy atom. The number of carboxylic acids is 1. The van der Waals surface area contributed by atoms with E-state index < -0.39 is 5.97 Å². The fourth-order valence-electron chi connectivity index (χ4n) is 2.19. The average molecular weight is 287 g/mol. The van der Waals surface area contributed by atoms with E-state index in [1.54, 1.807) is 13.1 Å². The van der Waals surface area contributed by atoms with Crippen LogP contribution in [0.1, 0.15) is 30.2 Å². The average Bonchev–Trinajstić information content (AvgIpc) is 2.45. The van der Waals surface area contributed by atoms with E-state index in [0.29, 0.717) is 22.8 Å². The normalized spacial score (nSPS) is 10.6. The molecule has 2 heterocycles. The summed E-state index contributed by atoms with van der Waals surface area (Å²) in [5, 5.41) is 8.71. The lowest BCUT2D eigenvalue weighted by Gasteiger charge is -2.08. The van der Waals surface area contributed by atoms with Gasteiger partial charge in [-0.05, 0) is 31.4 Å². The lowest BCUT2D eigenvalue weighted by atomic mass is 10.1. The number of hydrogen-bond donors (Lipinski definition) is 2. The van der Waals surface area contributed by atoms with Gasteiger partial charge in [0.15, 0.2) is 5.82 Å². The maximum Gasteiger partial charge on any atom is 0.303 e. The molecule has 0 aromatic carbocycles. The number of aliphatic carboxylic acids is 1. The van der Waals surface area contributed by atoms with Crippen LogP contribution in [0.3, 0.4) is 0 Å². The van der Waals surface area contributed by atoms with Crippen LogP contribution in [0.5, 0.6) is 0 Å². The Balaban J connectivity index is 2.44. The molecule has 21 heavy (non-hydrogen) atoms. The third-order valence-electron chi connectivity index (χ3n) is 3.31. The number of carboxylic acid groups (broad SMARTS) is 1. The molecule has 110 valence electrons. The van der Waals surface area contributed by atoms with E-state index in [1.165, 1.54) is 0 Å². The topological polar surface area (TPSA) is 95.9 Å². The van der Waals surface area contributed by atoms with E-state index >= 15 is 0 Å². The Morgan fingerprint density at radius 3 is 2.81 bits per heavy atom. The van der Waals surface area contributed by atoms with Crippen molar-refractivity contribution in [3.05, 3.63) is 45.5 Å². The number of aromatic amines is 1.